The molecule has 3 aromatic rings. The number of rotatable bonds is 2. The number of aromatic nitrogens is 5. The first-order chi connectivity index (χ1) is 13.1. The van der Waals surface area contributed by atoms with Crippen LogP contribution in [0, 0.1) is 6.92 Å². The third-order valence-electron chi connectivity index (χ3n) is 5.64. The van der Waals surface area contributed by atoms with Gasteiger partial charge in [-0.25, -0.2) is 9.50 Å². The van der Waals surface area contributed by atoms with Gasteiger partial charge in [0.25, 0.3) is 11.5 Å². The van der Waals surface area contributed by atoms with E-state index in [0.29, 0.717) is 24.3 Å². The first-order valence-corrected chi connectivity index (χ1v) is 9.56. The highest BCUT2D eigenvalue weighted by Crippen LogP contribution is 2.28. The Balaban J connectivity index is 1.60. The molecular formula is C20H26N6O2. The Bertz CT molecular complexity index is 1110. The second kappa shape index (κ2) is 6.32. The zero-order valence-electron chi connectivity index (χ0n) is 17.0. The minimum absolute atomic E-state index is 0.0115. The van der Waals surface area contributed by atoms with Crippen LogP contribution in [-0.4, -0.2) is 48.3 Å². The lowest BCUT2D eigenvalue weighted by Crippen LogP contribution is -2.29. The molecule has 1 N–H and O–H groups in total. The summed E-state index contributed by atoms with van der Waals surface area (Å²) in [5.41, 5.74) is 3.61. The van der Waals surface area contributed by atoms with Crippen molar-refractivity contribution in [2.75, 3.05) is 13.1 Å². The van der Waals surface area contributed by atoms with Gasteiger partial charge >= 0.3 is 0 Å². The molecular weight excluding hydrogens is 356 g/mol. The fourth-order valence-electron chi connectivity index (χ4n) is 3.67. The lowest BCUT2D eigenvalue weighted by Gasteiger charge is -2.16. The van der Waals surface area contributed by atoms with Crippen LogP contribution >= 0.6 is 0 Å². The number of nitrogens with one attached hydrogen (secondary N) is 1. The molecule has 0 spiro atoms. The summed E-state index contributed by atoms with van der Waals surface area (Å²) >= 11 is 0. The van der Waals surface area contributed by atoms with Crippen LogP contribution in [0.2, 0.25) is 0 Å². The fraction of sp³-hybridized carbons (Fsp3) is 0.500. The Labute approximate surface area is 163 Å². The number of H-pyrrole nitrogens is 1. The molecule has 4 heterocycles. The molecule has 1 fully saturated rings. The van der Waals surface area contributed by atoms with E-state index in [0.717, 1.165) is 23.5 Å². The van der Waals surface area contributed by atoms with Gasteiger partial charge in [0.05, 0.1) is 17.5 Å². The molecule has 28 heavy (non-hydrogen) atoms. The quantitative estimate of drug-likeness (QED) is 0.734. The van der Waals surface area contributed by atoms with Crippen LogP contribution in [0.4, 0.5) is 0 Å². The van der Waals surface area contributed by atoms with E-state index in [1.54, 1.807) is 16.9 Å². The lowest BCUT2D eigenvalue weighted by atomic mass is 9.93. The topological polar surface area (TPSA) is 88.3 Å². The van der Waals surface area contributed by atoms with Crippen LogP contribution in [0.25, 0.3) is 5.65 Å². The molecule has 148 valence electrons. The van der Waals surface area contributed by atoms with Crippen molar-refractivity contribution in [3.05, 3.63) is 51.3 Å². The van der Waals surface area contributed by atoms with Gasteiger partial charge in [0, 0.05) is 55.0 Å². The number of fused-ring (bicyclic) bond motifs is 1. The molecule has 4 rings (SSSR count). The number of hydrogen-bond acceptors (Lipinski definition) is 4. The predicted octanol–water partition coefficient (Wildman–Crippen LogP) is 1.99. The first-order valence-electron chi connectivity index (χ1n) is 9.56. The predicted molar refractivity (Wildman–Crippen MR) is 106 cm³/mol. The van der Waals surface area contributed by atoms with Crippen LogP contribution in [-0.2, 0) is 12.5 Å². The third-order valence-corrected chi connectivity index (χ3v) is 5.64. The maximum atomic E-state index is 12.8. The molecule has 1 aliphatic rings. The van der Waals surface area contributed by atoms with Gasteiger partial charge < -0.3 is 4.90 Å². The van der Waals surface area contributed by atoms with Crippen molar-refractivity contribution in [1.29, 1.82) is 0 Å². The average Bonchev–Trinajstić information content (AvgIpc) is 3.33. The number of hydrogen-bond donors (Lipinski definition) is 1. The Morgan fingerprint density at radius 1 is 1.29 bits per heavy atom. The van der Waals surface area contributed by atoms with Crippen LogP contribution < -0.4 is 5.56 Å². The Morgan fingerprint density at radius 2 is 2.04 bits per heavy atom. The Kier molecular flexibility index (Phi) is 4.17. The number of aromatic amines is 1. The largest absolute Gasteiger partial charge is 0.338 e. The summed E-state index contributed by atoms with van der Waals surface area (Å²) in [7, 11) is 1.83. The van der Waals surface area contributed by atoms with Gasteiger partial charge in [0.1, 0.15) is 0 Å². The maximum Gasteiger partial charge on any atom is 0.272 e. The Morgan fingerprint density at radius 3 is 2.68 bits per heavy atom. The molecule has 0 bridgehead atoms. The molecule has 8 heteroatoms. The zero-order chi connectivity index (χ0) is 20.2. The van der Waals surface area contributed by atoms with E-state index in [-0.39, 0.29) is 22.8 Å². The van der Waals surface area contributed by atoms with E-state index >= 15 is 0 Å². The summed E-state index contributed by atoms with van der Waals surface area (Å²) in [5, 5.41) is 7.31. The van der Waals surface area contributed by atoms with Crippen LogP contribution in [0.3, 0.4) is 0 Å². The van der Waals surface area contributed by atoms with Crippen molar-refractivity contribution in [2.45, 2.75) is 45.4 Å². The smallest absolute Gasteiger partial charge is 0.272 e. The third kappa shape index (κ3) is 3.02. The standard InChI is InChI=1S/C20H26N6O2/c1-12-14(10-21-24(12)5)19(28)25-7-6-13(11-25)15-8-18(27)26-17(22-15)9-16(23-26)20(2,3)4/h8-10,13,23H,6-7,11H2,1-5H3. The lowest BCUT2D eigenvalue weighted by molar-refractivity contribution is 0.0790. The molecule has 8 nitrogen and oxygen atoms in total. The number of carbonyl (C=O) groups excluding carboxylic acids is 1. The van der Waals surface area contributed by atoms with Gasteiger partial charge in [-0.1, -0.05) is 20.8 Å². The van der Waals surface area contributed by atoms with E-state index in [4.69, 9.17) is 4.98 Å². The summed E-state index contributed by atoms with van der Waals surface area (Å²) in [6.45, 7) is 9.37. The first kappa shape index (κ1) is 18.5. The summed E-state index contributed by atoms with van der Waals surface area (Å²) in [4.78, 5) is 32.0. The highest BCUT2D eigenvalue weighted by molar-refractivity contribution is 5.95. The average molecular weight is 382 g/mol. The van der Waals surface area contributed by atoms with Crippen molar-refractivity contribution in [1.82, 2.24) is 29.3 Å². The second-order valence-electron chi connectivity index (χ2n) is 8.64. The number of likely N-dealkylation sites (tertiary alicyclic amines) is 1. The number of aryl methyl sites for hydroxylation is 1. The van der Waals surface area contributed by atoms with Gasteiger partial charge in [-0.2, -0.15) is 5.10 Å². The van der Waals surface area contributed by atoms with Gasteiger partial charge in [0.15, 0.2) is 5.65 Å². The molecule has 1 aliphatic heterocycles. The minimum Gasteiger partial charge on any atom is -0.338 e. The molecule has 1 unspecified atom stereocenters. The molecule has 0 saturated carbocycles. The van der Waals surface area contributed by atoms with Crippen molar-refractivity contribution in [2.24, 2.45) is 7.05 Å². The zero-order valence-corrected chi connectivity index (χ0v) is 17.0. The van der Waals surface area contributed by atoms with Crippen LogP contribution in [0.5, 0.6) is 0 Å². The van der Waals surface area contributed by atoms with Crippen molar-refractivity contribution in [3.8, 4) is 0 Å². The number of amides is 1. The summed E-state index contributed by atoms with van der Waals surface area (Å²) in [5.74, 6) is 0.0502. The highest BCUT2D eigenvalue weighted by atomic mass is 16.2. The minimum atomic E-state index is -0.122. The summed E-state index contributed by atoms with van der Waals surface area (Å²) in [6.07, 6.45) is 2.42. The van der Waals surface area contributed by atoms with E-state index in [1.165, 1.54) is 4.52 Å². The second-order valence-corrected chi connectivity index (χ2v) is 8.64. The van der Waals surface area contributed by atoms with E-state index in [1.807, 2.05) is 24.9 Å². The van der Waals surface area contributed by atoms with Gasteiger partial charge in [-0.15, -0.1) is 0 Å². The van der Waals surface area contributed by atoms with Gasteiger partial charge in [-0.05, 0) is 13.3 Å². The van der Waals surface area contributed by atoms with E-state index in [9.17, 15) is 9.59 Å². The number of nitrogens with zero attached hydrogens (tertiary/aromatic N) is 5. The molecule has 1 amide bonds. The van der Waals surface area contributed by atoms with Crippen molar-refractivity contribution in [3.63, 3.8) is 0 Å². The van der Waals surface area contributed by atoms with Crippen molar-refractivity contribution < 1.29 is 4.79 Å². The van der Waals surface area contributed by atoms with Gasteiger partial charge in [-0.3, -0.25) is 19.4 Å². The van der Waals surface area contributed by atoms with Crippen LogP contribution in [0.15, 0.2) is 23.1 Å². The normalized spacial score (nSPS) is 17.6. The molecule has 0 aromatic carbocycles. The van der Waals surface area contributed by atoms with E-state index < -0.39 is 0 Å². The maximum absolute atomic E-state index is 12.8. The fourth-order valence-corrected chi connectivity index (χ4v) is 3.67. The highest BCUT2D eigenvalue weighted by Gasteiger charge is 2.31. The van der Waals surface area contributed by atoms with Crippen molar-refractivity contribution >= 4 is 11.6 Å². The monoisotopic (exact) mass is 382 g/mol. The molecule has 1 atom stereocenters. The number of carbonyl (C=O) groups is 1. The Hall–Kier alpha value is -2.90. The SMILES string of the molecule is Cc1c(C(=O)N2CCC(c3cc(=O)n4[nH]c(C(C)(C)C)cc4n3)C2)cnn1C. The molecule has 1 saturated heterocycles. The summed E-state index contributed by atoms with van der Waals surface area (Å²) in [6, 6.07) is 3.52. The molecule has 3 aromatic heterocycles. The van der Waals surface area contributed by atoms with Crippen LogP contribution in [0.1, 0.15) is 60.5 Å². The molecule has 0 radical (unpaired) electrons. The molecule has 0 aliphatic carbocycles. The summed E-state index contributed by atoms with van der Waals surface area (Å²) < 4.78 is 3.19. The van der Waals surface area contributed by atoms with Gasteiger partial charge in [0.2, 0.25) is 0 Å². The van der Waals surface area contributed by atoms with E-state index in [2.05, 4.69) is 31.0 Å².